The number of ketones is 1. The summed E-state index contributed by atoms with van der Waals surface area (Å²) in [7, 11) is -25.4. The lowest BCUT2D eigenvalue weighted by Crippen LogP contribution is -2.37. The number of nitrogens with one attached hydrogen (secondary N) is 1. The van der Waals surface area contributed by atoms with Gasteiger partial charge < -0.3 is 121 Å². The Hall–Kier alpha value is -9.42. The van der Waals surface area contributed by atoms with E-state index in [-0.39, 0.29) is 69.9 Å². The summed E-state index contributed by atoms with van der Waals surface area (Å²) in [5.41, 5.74) is 23.4. The number of halogens is 4. The zero-order valence-corrected chi connectivity index (χ0v) is 77.6. The van der Waals surface area contributed by atoms with Crippen LogP contribution in [0.5, 0.6) is 0 Å². The molecule has 10 aliphatic rings. The molecule has 69 heteroatoms. The first-order valence-electron chi connectivity index (χ1n) is 42.1. The molecular weight excluding hydrogens is 2030 g/mol. The molecule has 0 amide bonds. The lowest BCUT2D eigenvalue weighted by Gasteiger charge is -2.30. The van der Waals surface area contributed by atoms with Gasteiger partial charge in [0, 0.05) is 12.7 Å². The molecule has 55 nitrogen and oxygen atoms in total. The minimum Gasteiger partial charge on any atom is -0.397 e. The van der Waals surface area contributed by atoms with Crippen molar-refractivity contribution in [3.8, 4) is 0 Å². The van der Waals surface area contributed by atoms with E-state index in [0.717, 1.165) is 34.9 Å². The number of carbonyl (C=O) groups is 1. The van der Waals surface area contributed by atoms with Gasteiger partial charge in [0.05, 0.1) is 124 Å². The molecule has 0 saturated carbocycles. The molecule has 22 rings (SSSR count). The van der Waals surface area contributed by atoms with Gasteiger partial charge in [-0.15, -0.1) is 0 Å². The van der Waals surface area contributed by atoms with E-state index in [4.69, 9.17) is 112 Å². The van der Waals surface area contributed by atoms with Gasteiger partial charge in [-0.05, 0) is 50.1 Å². The molecular formula is C73H88B3F4N26O29P6S-3. The van der Waals surface area contributed by atoms with Crippen molar-refractivity contribution in [2.45, 2.75) is 181 Å². The van der Waals surface area contributed by atoms with Crippen molar-refractivity contribution in [1.29, 1.82) is 0 Å². The highest BCUT2D eigenvalue weighted by Gasteiger charge is 2.59. The van der Waals surface area contributed by atoms with Crippen molar-refractivity contribution >= 4 is 170 Å². The first kappa shape index (κ1) is 99.9. The molecule has 10 aliphatic heterocycles. The highest BCUT2D eigenvalue weighted by Crippen LogP contribution is 2.60. The maximum absolute atomic E-state index is 16.0. The summed E-state index contributed by atoms with van der Waals surface area (Å²) in [6.07, 6.45) is -20.2. The first-order valence-corrected chi connectivity index (χ1v) is 51.0. The fraction of sp³-hybridized carbons (Fsp3) is 0.493. The second-order valence-electron chi connectivity index (χ2n) is 32.2. The number of pyridine rings is 1. The molecule has 760 valence electrons. The van der Waals surface area contributed by atoms with Crippen molar-refractivity contribution in [3.63, 3.8) is 0 Å². The predicted octanol–water partition coefficient (Wildman–Crippen LogP) is 1.67. The standard InChI is InChI=1S/C30H37BN9O10P2S.C22H26BF2N8O10P2.C21H25BF2N9O9P2/c1-2-32-26-21-28(36-13-34-26)40(15-38-21)30-25-22(41)18(47-30)10-45-51(31,43)49-24-19(11-46-52(44,53)50-25)48-29(23(24)42)39-14-37-20-17(33-12-35-27(20)39)9-8-16-6-4-3-5-7-16;23-44(35)38-4-10-18(14(25)21(40-10)32-6-29-15-8(26)1-2-28-19(15)32)43-45(36,37)39-5-11-17(42-44)13(24)22(41-11)33-7-30-16-9(34)3-12(27)31-20(16)33;1-8-13-18(28-4-26-8)32(6-30-13)21-12(24)16-9(39-21)2-37-43(22,34)41-15-10(3-38-44(35,36)42-16)40-20(11(15)23)33-7-31-14-17(25)27-5-29-19(14)33/h3-7,12-15,18-19,22-25,29-30,41-42H,2,8-11H2,1,31H3,(H,44,53)(H,32,34,36);1-2,6-7,10-11,13-14,17-18,21-22H,3-5H2,23H3,(H2,26,28)(H2,27,31)(H,36,37);4-7,9-12,15-16,20-21H,2-3H2,1,22H3,(H,35,36)(H2,25,27,29)/q3*-1/t18-,19-,22-,23-,24-,25-,29-,30-,51?,52?;10-,11-,13-,14-,17-,18-,21-,22-,44?;9-,10-,11-,12-,15-,16-,20-,21-,43?/m111/s1. The van der Waals surface area contributed by atoms with Crippen molar-refractivity contribution < 1.29 is 153 Å². The number of aromatic nitrogens is 21. The number of alkyl halides is 4. The number of ether oxygens (including phenoxy) is 6. The van der Waals surface area contributed by atoms with Gasteiger partial charge in [0.1, 0.15) is 161 Å². The second kappa shape index (κ2) is 39.4. The molecule has 9 saturated heterocycles. The Morgan fingerprint density at radius 2 is 0.873 bits per heavy atom. The molecule has 9 fully saturated rings. The number of anilines is 3. The molecule has 0 spiro atoms. The fourth-order valence-electron chi connectivity index (χ4n) is 17.1. The predicted molar refractivity (Wildman–Crippen MR) is 492 cm³/mol. The Morgan fingerprint density at radius 3 is 1.46 bits per heavy atom. The van der Waals surface area contributed by atoms with Gasteiger partial charge in [0.2, 0.25) is 0 Å². The minimum absolute atomic E-state index is 0.0165. The third-order valence-corrected chi connectivity index (χ3v) is 29.5. The van der Waals surface area contributed by atoms with Crippen LogP contribution in [0.3, 0.4) is 0 Å². The van der Waals surface area contributed by atoms with E-state index in [9.17, 15) is 52.5 Å². The van der Waals surface area contributed by atoms with Gasteiger partial charge in [-0.3, -0.25) is 54.8 Å². The molecule has 1 aromatic carbocycles. The number of aryl methyl sites for hydroxylation is 3. The number of aliphatic imine (C=N–C) groups is 1. The lowest BCUT2D eigenvalue weighted by molar-refractivity contribution is -0.0610. The number of Topliss-reactive ketones (excluding diaryl/α,β-unsaturated/α-hetero) is 1. The first-order chi connectivity index (χ1) is 67.8. The van der Waals surface area contributed by atoms with Crippen LogP contribution in [0.15, 0.2) is 111 Å². The van der Waals surface area contributed by atoms with Crippen molar-refractivity contribution in [3.05, 3.63) is 129 Å². The zero-order valence-electron chi connectivity index (χ0n) is 71.5. The molecule has 0 radical (unpaired) electrons. The summed E-state index contributed by atoms with van der Waals surface area (Å²) in [4.78, 5) is 112. The van der Waals surface area contributed by atoms with Gasteiger partial charge >= 0.3 is 22.4 Å². The normalized spacial score (nSPS) is 36.8. The van der Waals surface area contributed by atoms with Crippen LogP contribution in [-0.2, 0) is 130 Å². The Morgan fingerprint density at radius 1 is 0.444 bits per heavy atom. The third kappa shape index (κ3) is 19.8. The van der Waals surface area contributed by atoms with Crippen LogP contribution >= 0.6 is 44.8 Å². The summed E-state index contributed by atoms with van der Waals surface area (Å²) < 4.78 is 242. The average Bonchev–Trinajstić information content (AvgIpc) is 1.78. The maximum Gasteiger partial charge on any atom is 0.472 e. The SMILES string of the molecule is [BH3-]P1(=O)OC[C@H]2O[C@@H](n3cnc4c(C)ncnc43)[C@H](F)[C@@H]2OP(=O)(O)OC[C@H]2O[C@@H](n3cnc4c(N)ncnc43)[C@H](F)[C@@H]2O1.[BH3-]P1(=O)OC[C@H]2O[C@@H](n3cnc4c(N)ccnc43)[C@H](F)[C@@H]2OP(=O)(O)OC[C@H]2O[C@@H](n3cnc4c3N=C(N)CC4=O)[C@H](F)[C@@H]2O1.[BH3-]P1(=O)OC[C@H]2O[C@@H](n3cnc4c(NCC)ncnc43)[C@H](OP(O)(=S)OC[C@H]3O[C@@H](n4cnc5c(CCc6ccccc6)ncnc54)[C@H](O)[C@@H]3O1)[C@@H]2O. The number of carbonyl (C=O) groups excluding carboxylic acids is 1. The maximum atomic E-state index is 16.0. The van der Waals surface area contributed by atoms with Crippen molar-refractivity contribution in [1.82, 2.24) is 102 Å². The van der Waals surface area contributed by atoms with E-state index >= 15 is 17.6 Å². The second-order valence-corrected chi connectivity index (χ2v) is 40.6. The number of phosphoric ester groups is 2. The Labute approximate surface area is 803 Å². The largest absolute Gasteiger partial charge is 0.472 e. The summed E-state index contributed by atoms with van der Waals surface area (Å²) in [6, 6.07) is 11.5. The van der Waals surface area contributed by atoms with E-state index in [1.807, 2.05) is 37.3 Å². The van der Waals surface area contributed by atoms with Crippen LogP contribution < -0.4 is 22.5 Å². The number of nitrogen functional groups attached to an aromatic ring is 2. The Balaban J connectivity index is 0.000000131. The third-order valence-electron chi connectivity index (χ3n) is 23.6. The van der Waals surface area contributed by atoms with E-state index < -0.39 is 254 Å². The van der Waals surface area contributed by atoms with Gasteiger partial charge in [-0.1, -0.05) is 30.3 Å². The Bertz CT molecular complexity index is 7020. The molecule has 0 aliphatic carbocycles. The van der Waals surface area contributed by atoms with Gasteiger partial charge in [-0.25, -0.2) is 106 Å². The number of nitrogens with zero attached hydrogens (tertiary/aromatic N) is 22. The van der Waals surface area contributed by atoms with Crippen LogP contribution in [0.25, 0.3) is 55.8 Å². The van der Waals surface area contributed by atoms with E-state index in [2.05, 4.69) is 85.1 Å². The number of nitrogens with two attached hydrogens (primary N) is 3. The van der Waals surface area contributed by atoms with Crippen LogP contribution in [0.2, 0.25) is 0 Å². The number of hydrogen-bond donors (Lipinski definition) is 9. The van der Waals surface area contributed by atoms with Crippen LogP contribution in [0.1, 0.15) is 78.2 Å². The number of benzene rings is 1. The highest BCUT2D eigenvalue weighted by molar-refractivity contribution is 8.07. The highest BCUT2D eigenvalue weighted by atomic mass is 32.5. The quantitative estimate of drug-likeness (QED) is 0.0505. The molecule has 6 unspecified atom stereocenters. The number of phosphoric acid groups is 2. The van der Waals surface area contributed by atoms with Crippen molar-refractivity contribution in [2.75, 3.05) is 63.0 Å². The van der Waals surface area contributed by atoms with Crippen LogP contribution in [-0.4, -0.2) is 318 Å². The molecule has 12 aromatic rings. The monoisotopic (exact) mass is 2120 g/mol. The van der Waals surface area contributed by atoms with E-state index in [1.54, 1.807) is 11.5 Å². The number of fused-ring (bicyclic) bond motifs is 13. The van der Waals surface area contributed by atoms with Gasteiger partial charge in [-0.2, -0.15) is 0 Å². The fourth-order valence-corrected chi connectivity index (χ4v) is 22.8. The molecule has 30 atom stereocenters. The van der Waals surface area contributed by atoms with Crippen LogP contribution in [0, 0.1) is 6.92 Å². The van der Waals surface area contributed by atoms with Gasteiger partial charge in [0.25, 0.3) is 0 Å². The summed E-state index contributed by atoms with van der Waals surface area (Å²) in [5.74, 6) is 0.0470. The molecule has 2 bridgehead atoms. The summed E-state index contributed by atoms with van der Waals surface area (Å²) in [5, 5.41) is 26.2. The topological polar surface area (TPSA) is 695 Å². The van der Waals surface area contributed by atoms with Crippen LogP contribution in [0.4, 0.5) is 40.7 Å². The van der Waals surface area contributed by atoms with E-state index in [0.29, 0.717) is 52.3 Å². The molecule has 21 heterocycles. The smallest absolute Gasteiger partial charge is 0.397 e. The minimum atomic E-state index is -5.07. The molecule has 11 aromatic heterocycles. The number of imidazole rings is 6. The zero-order chi connectivity index (χ0) is 99.7. The summed E-state index contributed by atoms with van der Waals surface area (Å²) >= 11 is 5.42. The lowest BCUT2D eigenvalue weighted by atomic mass is 10.1. The van der Waals surface area contributed by atoms with Gasteiger partial charge in [0.15, 0.2) is 125 Å². The number of rotatable bonds is 11. The van der Waals surface area contributed by atoms with Crippen molar-refractivity contribution in [2.24, 2.45) is 10.7 Å². The van der Waals surface area contributed by atoms with E-state index in [1.165, 1.54) is 81.2 Å². The Kier molecular flexibility index (Phi) is 27.7. The average molecular weight is 2120 g/mol. The molecule has 142 heavy (non-hydrogen) atoms. The molecule has 12 N–H and O–H groups in total. The number of aliphatic hydroxyl groups is 2. The summed E-state index contributed by atoms with van der Waals surface area (Å²) in [6.45, 7) is -3.46. The number of aliphatic hydroxyl groups excluding tert-OH is 2. The number of hydrogen-bond acceptors (Lipinski definition) is 47. The number of amidine groups is 1.